The molecule has 3 heteroatoms. The van der Waals surface area contributed by atoms with E-state index in [0.717, 1.165) is 41.5 Å². The lowest BCUT2D eigenvalue weighted by Gasteiger charge is -2.20. The molecule has 0 N–H and O–H groups in total. The number of rotatable bonds is 1. The largest absolute Gasteiger partial charge is 0.338 e. The molecular weight excluding hydrogens is 326 g/mol. The van der Waals surface area contributed by atoms with Gasteiger partial charge in [-0.25, -0.2) is 0 Å². The minimum absolute atomic E-state index is 0.137. The standard InChI is InChI=1S/C18H18BrNO/c1-13-12-16(6-7-17(13)19)18(21)20-10-8-14-4-2-3-5-15(14)9-11-20/h2-7,12H,8-11H2,1H3. The van der Waals surface area contributed by atoms with E-state index in [0.29, 0.717) is 0 Å². The molecule has 0 aromatic heterocycles. The van der Waals surface area contributed by atoms with Crippen molar-refractivity contribution in [1.29, 1.82) is 0 Å². The Morgan fingerprint density at radius 1 is 1.05 bits per heavy atom. The van der Waals surface area contributed by atoms with E-state index in [4.69, 9.17) is 0 Å². The van der Waals surface area contributed by atoms with Gasteiger partial charge in [0.05, 0.1) is 0 Å². The molecule has 0 saturated carbocycles. The monoisotopic (exact) mass is 343 g/mol. The number of carbonyl (C=O) groups excluding carboxylic acids is 1. The summed E-state index contributed by atoms with van der Waals surface area (Å²) in [4.78, 5) is 14.7. The van der Waals surface area contributed by atoms with Crippen molar-refractivity contribution >= 4 is 21.8 Å². The second kappa shape index (κ2) is 6.02. The lowest BCUT2D eigenvalue weighted by molar-refractivity contribution is 0.0763. The van der Waals surface area contributed by atoms with Crippen molar-refractivity contribution in [3.05, 3.63) is 69.2 Å². The maximum Gasteiger partial charge on any atom is 0.253 e. The van der Waals surface area contributed by atoms with Gasteiger partial charge in [-0.15, -0.1) is 0 Å². The second-order valence-corrected chi connectivity index (χ2v) is 6.38. The van der Waals surface area contributed by atoms with Crippen molar-refractivity contribution in [2.24, 2.45) is 0 Å². The Hall–Kier alpha value is -1.61. The molecule has 0 saturated heterocycles. The zero-order chi connectivity index (χ0) is 14.8. The number of halogens is 1. The highest BCUT2D eigenvalue weighted by Gasteiger charge is 2.19. The summed E-state index contributed by atoms with van der Waals surface area (Å²) in [5.41, 5.74) is 4.63. The van der Waals surface area contributed by atoms with Gasteiger partial charge in [0.2, 0.25) is 0 Å². The molecule has 0 aliphatic carbocycles. The van der Waals surface area contributed by atoms with Crippen LogP contribution in [0.3, 0.4) is 0 Å². The molecule has 108 valence electrons. The zero-order valence-electron chi connectivity index (χ0n) is 12.1. The highest BCUT2D eigenvalue weighted by atomic mass is 79.9. The number of nitrogens with zero attached hydrogens (tertiary/aromatic N) is 1. The van der Waals surface area contributed by atoms with E-state index in [1.54, 1.807) is 0 Å². The van der Waals surface area contributed by atoms with Gasteiger partial charge in [-0.2, -0.15) is 0 Å². The van der Waals surface area contributed by atoms with Gasteiger partial charge in [0, 0.05) is 23.1 Å². The van der Waals surface area contributed by atoms with Gasteiger partial charge in [0.1, 0.15) is 0 Å². The van der Waals surface area contributed by atoms with Crippen LogP contribution in [-0.2, 0) is 12.8 Å². The van der Waals surface area contributed by atoms with Gasteiger partial charge >= 0.3 is 0 Å². The van der Waals surface area contributed by atoms with Gasteiger partial charge in [-0.3, -0.25) is 4.79 Å². The molecule has 2 nitrogen and oxygen atoms in total. The highest BCUT2D eigenvalue weighted by Crippen LogP contribution is 2.20. The zero-order valence-corrected chi connectivity index (χ0v) is 13.7. The summed E-state index contributed by atoms with van der Waals surface area (Å²) in [6.45, 7) is 3.61. The molecule has 0 bridgehead atoms. The average molecular weight is 344 g/mol. The molecule has 0 fully saturated rings. The fourth-order valence-corrected chi connectivity index (χ4v) is 3.08. The summed E-state index contributed by atoms with van der Waals surface area (Å²) in [7, 11) is 0. The Morgan fingerprint density at radius 2 is 1.67 bits per heavy atom. The predicted molar refractivity (Wildman–Crippen MR) is 88.6 cm³/mol. The van der Waals surface area contributed by atoms with E-state index >= 15 is 0 Å². The van der Waals surface area contributed by atoms with Crippen LogP contribution in [0.2, 0.25) is 0 Å². The van der Waals surface area contributed by atoms with Crippen molar-refractivity contribution in [3.8, 4) is 0 Å². The Kier molecular flexibility index (Phi) is 4.11. The van der Waals surface area contributed by atoms with E-state index in [1.807, 2.05) is 30.0 Å². The van der Waals surface area contributed by atoms with Crippen molar-refractivity contribution in [2.75, 3.05) is 13.1 Å². The molecule has 0 atom stereocenters. The van der Waals surface area contributed by atoms with Crippen molar-refractivity contribution < 1.29 is 4.79 Å². The Bertz CT molecular complexity index is 654. The van der Waals surface area contributed by atoms with Crippen LogP contribution in [0.1, 0.15) is 27.0 Å². The van der Waals surface area contributed by atoms with Crippen LogP contribution in [-0.4, -0.2) is 23.9 Å². The smallest absolute Gasteiger partial charge is 0.253 e. The molecule has 2 aromatic carbocycles. The summed E-state index contributed by atoms with van der Waals surface area (Å²) in [6.07, 6.45) is 1.88. The first kappa shape index (κ1) is 14.3. The molecule has 1 amide bonds. The van der Waals surface area contributed by atoms with Gasteiger partial charge in [0.25, 0.3) is 5.91 Å². The fourth-order valence-electron chi connectivity index (χ4n) is 2.83. The lowest BCUT2D eigenvalue weighted by atomic mass is 10.0. The first-order valence-corrected chi connectivity index (χ1v) is 8.06. The normalized spacial score (nSPS) is 14.5. The Morgan fingerprint density at radius 3 is 2.24 bits per heavy atom. The number of amides is 1. The predicted octanol–water partition coefficient (Wildman–Crippen LogP) is 4.00. The molecule has 0 unspecified atom stereocenters. The number of benzene rings is 2. The summed E-state index contributed by atoms with van der Waals surface area (Å²) in [6, 6.07) is 14.3. The first-order valence-electron chi connectivity index (χ1n) is 7.27. The van der Waals surface area contributed by atoms with Gasteiger partial charge in [-0.1, -0.05) is 40.2 Å². The SMILES string of the molecule is Cc1cc(C(=O)N2CCc3ccccc3CC2)ccc1Br. The van der Waals surface area contributed by atoms with Crippen LogP contribution in [0.4, 0.5) is 0 Å². The molecule has 3 rings (SSSR count). The summed E-state index contributed by atoms with van der Waals surface area (Å²) < 4.78 is 1.04. The molecule has 0 spiro atoms. The Labute approximate surface area is 133 Å². The molecule has 1 aliphatic rings. The van der Waals surface area contributed by atoms with Crippen LogP contribution in [0, 0.1) is 6.92 Å². The fraction of sp³-hybridized carbons (Fsp3) is 0.278. The van der Waals surface area contributed by atoms with E-state index in [2.05, 4.69) is 40.2 Å². The van der Waals surface area contributed by atoms with Crippen LogP contribution in [0.25, 0.3) is 0 Å². The first-order chi connectivity index (χ1) is 10.1. The third kappa shape index (κ3) is 3.03. The van der Waals surface area contributed by atoms with Gasteiger partial charge < -0.3 is 4.90 Å². The molecule has 0 radical (unpaired) electrons. The third-order valence-corrected chi connectivity index (χ3v) is 5.00. The molecule has 1 heterocycles. The molecular formula is C18H18BrNO. The summed E-state index contributed by atoms with van der Waals surface area (Å²) in [5.74, 6) is 0.137. The van der Waals surface area contributed by atoms with Crippen LogP contribution < -0.4 is 0 Å². The minimum atomic E-state index is 0.137. The topological polar surface area (TPSA) is 20.3 Å². The number of hydrogen-bond donors (Lipinski definition) is 0. The van der Waals surface area contributed by atoms with Gasteiger partial charge in [0.15, 0.2) is 0 Å². The van der Waals surface area contributed by atoms with Crippen molar-refractivity contribution in [1.82, 2.24) is 4.90 Å². The van der Waals surface area contributed by atoms with Crippen molar-refractivity contribution in [2.45, 2.75) is 19.8 Å². The minimum Gasteiger partial charge on any atom is -0.338 e. The summed E-state index contributed by atoms with van der Waals surface area (Å²) in [5, 5.41) is 0. The number of aryl methyl sites for hydroxylation is 1. The quantitative estimate of drug-likeness (QED) is 0.766. The lowest BCUT2D eigenvalue weighted by Crippen LogP contribution is -2.33. The van der Waals surface area contributed by atoms with Crippen LogP contribution in [0.5, 0.6) is 0 Å². The molecule has 2 aromatic rings. The number of fused-ring (bicyclic) bond motifs is 1. The third-order valence-electron chi connectivity index (χ3n) is 4.11. The van der Waals surface area contributed by atoms with E-state index in [-0.39, 0.29) is 5.91 Å². The highest BCUT2D eigenvalue weighted by molar-refractivity contribution is 9.10. The Balaban J connectivity index is 1.79. The van der Waals surface area contributed by atoms with Gasteiger partial charge in [-0.05, 0) is 54.7 Å². The maximum absolute atomic E-state index is 12.7. The average Bonchev–Trinajstić information content (AvgIpc) is 2.72. The maximum atomic E-state index is 12.7. The second-order valence-electron chi connectivity index (χ2n) is 5.52. The van der Waals surface area contributed by atoms with E-state index in [9.17, 15) is 4.79 Å². The number of hydrogen-bond acceptors (Lipinski definition) is 1. The summed E-state index contributed by atoms with van der Waals surface area (Å²) >= 11 is 3.48. The number of carbonyl (C=O) groups is 1. The van der Waals surface area contributed by atoms with Crippen LogP contribution in [0.15, 0.2) is 46.9 Å². The van der Waals surface area contributed by atoms with Crippen LogP contribution >= 0.6 is 15.9 Å². The molecule has 21 heavy (non-hydrogen) atoms. The van der Waals surface area contributed by atoms with Crippen molar-refractivity contribution in [3.63, 3.8) is 0 Å². The molecule has 1 aliphatic heterocycles. The van der Waals surface area contributed by atoms with E-state index in [1.165, 1.54) is 11.1 Å². The van der Waals surface area contributed by atoms with E-state index < -0.39 is 0 Å².